The molecule has 1 atom stereocenters. The number of nitrogens with one attached hydrogen (secondary N) is 1. The molecular weight excluding hydrogens is 362 g/mol. The first-order chi connectivity index (χ1) is 13.5. The molecule has 3 N–H and O–H groups in total. The van der Waals surface area contributed by atoms with Crippen molar-refractivity contribution in [2.24, 2.45) is 5.73 Å². The van der Waals surface area contributed by atoms with Gasteiger partial charge in [-0.2, -0.15) is 0 Å². The lowest BCUT2D eigenvalue weighted by Crippen LogP contribution is -2.33. The Morgan fingerprint density at radius 2 is 1.82 bits per heavy atom. The molecule has 2 aromatic carbocycles. The van der Waals surface area contributed by atoms with Gasteiger partial charge in [-0.25, -0.2) is 0 Å². The van der Waals surface area contributed by atoms with E-state index >= 15 is 0 Å². The van der Waals surface area contributed by atoms with Crippen LogP contribution in [0.4, 0.5) is 5.69 Å². The number of hydrogen-bond acceptors (Lipinski definition) is 4. The molecule has 1 aliphatic heterocycles. The van der Waals surface area contributed by atoms with Crippen molar-refractivity contribution in [3.8, 4) is 0 Å². The van der Waals surface area contributed by atoms with Crippen LogP contribution < -0.4 is 16.2 Å². The zero-order chi connectivity index (χ0) is 19.7. The predicted octanol–water partition coefficient (Wildman–Crippen LogP) is 5.61. The highest BCUT2D eigenvalue weighted by molar-refractivity contribution is 7.10. The van der Waals surface area contributed by atoms with Gasteiger partial charge in [0.15, 0.2) is 0 Å². The van der Waals surface area contributed by atoms with E-state index in [0.29, 0.717) is 6.54 Å². The van der Waals surface area contributed by atoms with Crippen LogP contribution in [0.5, 0.6) is 0 Å². The van der Waals surface area contributed by atoms with Crippen molar-refractivity contribution in [2.75, 3.05) is 5.01 Å². The summed E-state index contributed by atoms with van der Waals surface area (Å²) in [5.41, 5.74) is 15.6. The largest absolute Gasteiger partial charge is 0.326 e. The molecule has 0 saturated heterocycles. The van der Waals surface area contributed by atoms with Crippen molar-refractivity contribution in [1.82, 2.24) is 5.43 Å². The molecule has 0 radical (unpaired) electrons. The van der Waals surface area contributed by atoms with Gasteiger partial charge in [-0.3, -0.25) is 10.4 Å². The molecule has 1 aliphatic rings. The number of rotatable bonds is 4. The fourth-order valence-corrected chi connectivity index (χ4v) is 4.29. The Hall–Kier alpha value is -2.56. The molecule has 1 unspecified atom stereocenters. The monoisotopic (exact) mass is 389 g/mol. The Morgan fingerprint density at radius 1 is 1.04 bits per heavy atom. The lowest BCUT2D eigenvalue weighted by atomic mass is 9.86. The molecule has 0 bridgehead atoms. The molecule has 0 aliphatic carbocycles. The molecule has 0 spiro atoms. The van der Waals surface area contributed by atoms with E-state index in [9.17, 15) is 0 Å². The molecule has 4 rings (SSSR count). The van der Waals surface area contributed by atoms with Crippen molar-refractivity contribution < 1.29 is 0 Å². The average Bonchev–Trinajstić information content (AvgIpc) is 3.37. The summed E-state index contributed by atoms with van der Waals surface area (Å²) in [4.78, 5) is 1.31. The maximum absolute atomic E-state index is 5.86. The van der Waals surface area contributed by atoms with Gasteiger partial charge in [0.1, 0.15) is 6.04 Å². The summed E-state index contributed by atoms with van der Waals surface area (Å²) in [5, 5.41) is 4.37. The Bertz CT molecular complexity index is 966. The number of hydrogen-bond donors (Lipinski definition) is 2. The third-order valence-corrected chi connectivity index (χ3v) is 6.11. The van der Waals surface area contributed by atoms with Crippen molar-refractivity contribution >= 4 is 22.7 Å². The number of hydrazine groups is 1. The summed E-state index contributed by atoms with van der Waals surface area (Å²) in [6.07, 6.45) is 2.31. The van der Waals surface area contributed by atoms with Gasteiger partial charge in [-0.05, 0) is 51.8 Å². The summed E-state index contributed by atoms with van der Waals surface area (Å²) in [5.74, 6) is 0. The molecule has 4 heteroatoms. The van der Waals surface area contributed by atoms with E-state index in [1.54, 1.807) is 11.3 Å². The fraction of sp³-hybridized carbons (Fsp3) is 0.250. The summed E-state index contributed by atoms with van der Waals surface area (Å²) >= 11 is 1.78. The molecule has 3 aromatic rings. The molecule has 28 heavy (non-hydrogen) atoms. The van der Waals surface area contributed by atoms with Gasteiger partial charge in [0.2, 0.25) is 0 Å². The van der Waals surface area contributed by atoms with Crippen LogP contribution in [0, 0.1) is 0 Å². The van der Waals surface area contributed by atoms with Gasteiger partial charge in [0.25, 0.3) is 0 Å². The van der Waals surface area contributed by atoms with E-state index in [2.05, 4.69) is 103 Å². The normalized spacial score (nSPS) is 16.8. The van der Waals surface area contributed by atoms with Crippen LogP contribution >= 0.6 is 11.3 Å². The quantitative estimate of drug-likeness (QED) is 0.609. The maximum Gasteiger partial charge on any atom is 0.105 e. The number of nitrogens with two attached hydrogens (primary N) is 1. The second kappa shape index (κ2) is 7.46. The van der Waals surface area contributed by atoms with Crippen LogP contribution in [-0.2, 0) is 12.0 Å². The van der Waals surface area contributed by atoms with Crippen LogP contribution in [-0.4, -0.2) is 0 Å². The summed E-state index contributed by atoms with van der Waals surface area (Å²) < 4.78 is 0. The highest BCUT2D eigenvalue weighted by Crippen LogP contribution is 2.37. The highest BCUT2D eigenvalue weighted by atomic mass is 32.1. The average molecular weight is 390 g/mol. The molecular formula is C24H27N3S. The van der Waals surface area contributed by atoms with Crippen LogP contribution in [0.25, 0.3) is 5.70 Å². The summed E-state index contributed by atoms with van der Waals surface area (Å²) in [6, 6.07) is 21.8. The zero-order valence-corrected chi connectivity index (χ0v) is 17.5. The Balaban J connectivity index is 1.69. The number of nitrogens with zero attached hydrogens (tertiary/aromatic N) is 1. The topological polar surface area (TPSA) is 41.3 Å². The first kappa shape index (κ1) is 18.8. The first-order valence-electron chi connectivity index (χ1n) is 9.67. The van der Waals surface area contributed by atoms with E-state index in [4.69, 9.17) is 5.73 Å². The molecule has 144 valence electrons. The second-order valence-corrected chi connectivity index (χ2v) is 9.20. The van der Waals surface area contributed by atoms with Gasteiger partial charge in [-0.15, -0.1) is 11.3 Å². The van der Waals surface area contributed by atoms with Gasteiger partial charge in [0, 0.05) is 11.4 Å². The minimum Gasteiger partial charge on any atom is -0.326 e. The van der Waals surface area contributed by atoms with Crippen LogP contribution in [0.3, 0.4) is 0 Å². The van der Waals surface area contributed by atoms with Crippen LogP contribution in [0.15, 0.2) is 72.1 Å². The SMILES string of the molecule is CC(C)(C)c1ccc(C2=CC(c3cccs3)N(c3cccc(CN)c3)N2)cc1. The van der Waals surface area contributed by atoms with Gasteiger partial charge in [-0.1, -0.05) is 63.2 Å². The number of thiophene rings is 1. The molecule has 0 fully saturated rings. The minimum absolute atomic E-state index is 0.157. The van der Waals surface area contributed by atoms with Crippen molar-refractivity contribution in [3.63, 3.8) is 0 Å². The van der Waals surface area contributed by atoms with Crippen molar-refractivity contribution in [3.05, 3.63) is 93.7 Å². The van der Waals surface area contributed by atoms with Gasteiger partial charge >= 0.3 is 0 Å². The standard InChI is InChI=1S/C24H27N3S/c1-24(2,3)19-11-9-18(10-12-19)21-15-22(23-8-5-13-28-23)27(26-21)20-7-4-6-17(14-20)16-25/h4-15,22,26H,16,25H2,1-3H3. The number of benzene rings is 2. The highest BCUT2D eigenvalue weighted by Gasteiger charge is 2.28. The van der Waals surface area contributed by atoms with Gasteiger partial charge < -0.3 is 5.73 Å². The van der Waals surface area contributed by atoms with E-state index in [1.807, 2.05) is 0 Å². The lowest BCUT2D eigenvalue weighted by molar-refractivity contribution is 0.590. The number of anilines is 1. The summed E-state index contributed by atoms with van der Waals surface area (Å²) in [6.45, 7) is 7.27. The van der Waals surface area contributed by atoms with E-state index in [1.165, 1.54) is 16.0 Å². The Kier molecular flexibility index (Phi) is 5.00. The second-order valence-electron chi connectivity index (χ2n) is 8.22. The van der Waals surface area contributed by atoms with Crippen LogP contribution in [0.1, 0.15) is 48.4 Å². The van der Waals surface area contributed by atoms with E-state index < -0.39 is 0 Å². The molecule has 0 saturated carbocycles. The van der Waals surface area contributed by atoms with Gasteiger partial charge in [0.05, 0.1) is 11.4 Å². The Labute approximate surface area is 171 Å². The molecule has 3 nitrogen and oxygen atoms in total. The zero-order valence-electron chi connectivity index (χ0n) is 16.6. The van der Waals surface area contributed by atoms with Crippen molar-refractivity contribution in [1.29, 1.82) is 0 Å². The summed E-state index contributed by atoms with van der Waals surface area (Å²) in [7, 11) is 0. The lowest BCUT2D eigenvalue weighted by Gasteiger charge is -2.27. The molecule has 2 heterocycles. The smallest absolute Gasteiger partial charge is 0.105 e. The maximum atomic E-state index is 5.86. The molecule has 1 aromatic heterocycles. The third kappa shape index (κ3) is 3.71. The Morgan fingerprint density at radius 3 is 2.46 bits per heavy atom. The van der Waals surface area contributed by atoms with Crippen molar-refractivity contribution in [2.45, 2.75) is 38.8 Å². The fourth-order valence-electron chi connectivity index (χ4n) is 3.51. The minimum atomic E-state index is 0.157. The third-order valence-electron chi connectivity index (χ3n) is 5.16. The predicted molar refractivity (Wildman–Crippen MR) is 120 cm³/mol. The molecule has 0 amide bonds. The van der Waals surface area contributed by atoms with E-state index in [0.717, 1.165) is 16.9 Å². The first-order valence-corrected chi connectivity index (χ1v) is 10.5. The van der Waals surface area contributed by atoms with Crippen LogP contribution in [0.2, 0.25) is 0 Å². The van der Waals surface area contributed by atoms with E-state index in [-0.39, 0.29) is 11.5 Å².